The third-order valence-electron chi connectivity index (χ3n) is 4.96. The van der Waals surface area contributed by atoms with Crippen LogP contribution in [-0.4, -0.2) is 61.8 Å². The molecule has 1 amide bonds. The first-order chi connectivity index (χ1) is 17.6. The Balaban J connectivity index is 1.62. The van der Waals surface area contributed by atoms with Gasteiger partial charge in [-0.15, -0.1) is 11.3 Å². The summed E-state index contributed by atoms with van der Waals surface area (Å²) < 4.78 is 14.7. The summed E-state index contributed by atoms with van der Waals surface area (Å²) in [6, 6.07) is 4.90. The van der Waals surface area contributed by atoms with E-state index in [-0.39, 0.29) is 11.2 Å². The van der Waals surface area contributed by atoms with Crippen molar-refractivity contribution in [3.05, 3.63) is 35.4 Å². The van der Waals surface area contributed by atoms with Gasteiger partial charge in [0.05, 0.1) is 10.2 Å². The number of hydrogen-bond donors (Lipinski definition) is 0. The molecule has 0 saturated carbocycles. The summed E-state index contributed by atoms with van der Waals surface area (Å²) in [6.07, 6.45) is -1.66. The number of esters is 1. The van der Waals surface area contributed by atoms with Gasteiger partial charge in [0, 0.05) is 11.4 Å². The number of thiazole rings is 1. The molecule has 0 bridgehead atoms. The van der Waals surface area contributed by atoms with Crippen LogP contribution in [0.4, 0.5) is 4.79 Å². The van der Waals surface area contributed by atoms with Crippen LogP contribution >= 0.6 is 67.7 Å². The van der Waals surface area contributed by atoms with Crippen LogP contribution in [0, 0.1) is 0 Å². The zero-order valence-electron chi connectivity index (χ0n) is 21.3. The van der Waals surface area contributed by atoms with E-state index < -0.39 is 40.3 Å². The lowest BCUT2D eigenvalue weighted by atomic mass is 10.0. The average Bonchev–Trinajstić information content (AvgIpc) is 3.22. The molecule has 1 aliphatic heterocycles. The first-order valence-corrected chi connectivity index (χ1v) is 15.5. The van der Waals surface area contributed by atoms with Crippen LogP contribution in [0.15, 0.2) is 35.2 Å². The number of benzene rings is 1. The lowest BCUT2D eigenvalue weighted by Gasteiger charge is -2.42. The zero-order valence-corrected chi connectivity index (χ0v) is 26.0. The number of fused-ring (bicyclic) bond motifs is 1. The van der Waals surface area contributed by atoms with Crippen LogP contribution in [0.1, 0.15) is 45.7 Å². The number of likely N-dealkylation sites (tertiary alicyclic amines) is 1. The molecule has 208 valence electrons. The maximum Gasteiger partial charge on any atom is 0.509 e. The van der Waals surface area contributed by atoms with Crippen molar-refractivity contribution < 1.29 is 28.6 Å². The third-order valence-corrected chi connectivity index (χ3v) is 9.18. The summed E-state index contributed by atoms with van der Waals surface area (Å²) in [4.78, 5) is 44.5. The van der Waals surface area contributed by atoms with E-state index in [0.717, 1.165) is 15.1 Å². The number of para-hydroxylation sites is 1. The molecule has 14 heteroatoms. The summed E-state index contributed by atoms with van der Waals surface area (Å²) in [6.45, 7) is 12.6. The van der Waals surface area contributed by atoms with Crippen molar-refractivity contribution in [2.75, 3.05) is 13.2 Å². The number of nitrogens with zero attached hydrogens (tertiary/aromatic N) is 2. The predicted molar refractivity (Wildman–Crippen MR) is 154 cm³/mol. The number of ether oxygens (including phenoxy) is 3. The number of rotatable bonds is 9. The van der Waals surface area contributed by atoms with Crippen LogP contribution in [0.3, 0.4) is 0 Å². The number of aromatic nitrogens is 1. The van der Waals surface area contributed by atoms with Gasteiger partial charge in [0.1, 0.15) is 22.5 Å². The van der Waals surface area contributed by atoms with E-state index >= 15 is 0 Å². The lowest BCUT2D eigenvalue weighted by Crippen LogP contribution is -2.61. The Bertz CT molecular complexity index is 1230. The molecule has 0 spiro atoms. The average molecular weight is 642 g/mol. The molecule has 38 heavy (non-hydrogen) atoms. The Kier molecular flexibility index (Phi) is 10.2. The fourth-order valence-electron chi connectivity index (χ4n) is 3.34. The molecule has 1 fully saturated rings. The highest BCUT2D eigenvalue weighted by atomic mass is 35.6. The summed E-state index contributed by atoms with van der Waals surface area (Å²) >= 11 is 18.1. The molecule has 3 rings (SSSR count). The Hall–Kier alpha value is -1.37. The summed E-state index contributed by atoms with van der Waals surface area (Å²) in [5, 5.41) is 0.240. The fourth-order valence-corrected chi connectivity index (χ4v) is 7.06. The number of amides is 1. The first-order valence-electron chi connectivity index (χ1n) is 11.4. The number of carbonyl (C=O) groups excluding carboxylic acids is 3. The maximum atomic E-state index is 12.9. The van der Waals surface area contributed by atoms with Gasteiger partial charge < -0.3 is 19.1 Å². The zero-order chi connectivity index (χ0) is 28.4. The van der Waals surface area contributed by atoms with E-state index in [2.05, 4.69) is 11.6 Å². The van der Waals surface area contributed by atoms with E-state index in [4.69, 9.17) is 49.0 Å². The third kappa shape index (κ3) is 8.32. The molecule has 0 N–H and O–H groups in total. The minimum atomic E-state index is -1.73. The molecule has 2 aromatic rings. The van der Waals surface area contributed by atoms with Crippen LogP contribution < -0.4 is 0 Å². The van der Waals surface area contributed by atoms with Crippen LogP contribution in [0.5, 0.6) is 0 Å². The first kappa shape index (κ1) is 31.2. The second kappa shape index (κ2) is 12.4. The van der Waals surface area contributed by atoms with Crippen molar-refractivity contribution >= 4 is 96.0 Å². The van der Waals surface area contributed by atoms with Crippen molar-refractivity contribution in [2.45, 2.75) is 66.3 Å². The number of hydrogen-bond acceptors (Lipinski definition) is 10. The predicted octanol–water partition coefficient (Wildman–Crippen LogP) is 7.12. The number of carbonyl (C=O) groups is 3. The molecular weight excluding hydrogens is 615 g/mol. The van der Waals surface area contributed by atoms with Gasteiger partial charge in [-0.3, -0.25) is 4.79 Å². The molecular formula is C24H27Cl3N2O6S3. The van der Waals surface area contributed by atoms with Gasteiger partial charge in [-0.2, -0.15) is 0 Å². The van der Waals surface area contributed by atoms with Gasteiger partial charge in [0.25, 0.3) is 0 Å². The van der Waals surface area contributed by atoms with Gasteiger partial charge in [-0.05, 0) is 52.3 Å². The molecule has 1 unspecified atom stereocenters. The van der Waals surface area contributed by atoms with E-state index in [1.54, 1.807) is 34.6 Å². The van der Waals surface area contributed by atoms with Gasteiger partial charge in [0.15, 0.2) is 12.1 Å². The quantitative estimate of drug-likeness (QED) is 0.0933. The Morgan fingerprint density at radius 1 is 1.29 bits per heavy atom. The van der Waals surface area contributed by atoms with Crippen LogP contribution in [0.25, 0.3) is 10.2 Å². The van der Waals surface area contributed by atoms with Crippen molar-refractivity contribution in [1.29, 1.82) is 0 Å². The molecule has 1 aliphatic rings. The number of halogens is 3. The van der Waals surface area contributed by atoms with Gasteiger partial charge in [-0.1, -0.05) is 69.0 Å². The minimum Gasteiger partial charge on any atom is -0.458 e. The standard InChI is InChI=1S/C24H27Cl3N2O6S3/c1-12(2)18(21(31)35-23(4,5)6)29-10-16(20(29)30)38-37-15-9-7-8-14-17(15)28-19(36-14)13(3)34-22(32)33-11-24(25,26)27/h7-9,13,16,18H,1,10-11H2,2-6H3/t13-,16+,18?/m1/s1. The summed E-state index contributed by atoms with van der Waals surface area (Å²) in [5.41, 5.74) is 0.615. The maximum absolute atomic E-state index is 12.9. The molecule has 1 aromatic carbocycles. The molecule has 0 radical (unpaired) electrons. The van der Waals surface area contributed by atoms with Gasteiger partial charge in [-0.25, -0.2) is 14.6 Å². The molecule has 3 atom stereocenters. The molecule has 1 saturated heterocycles. The topological polar surface area (TPSA) is 95.0 Å². The Morgan fingerprint density at radius 3 is 2.55 bits per heavy atom. The van der Waals surface area contributed by atoms with E-state index in [0.29, 0.717) is 17.1 Å². The Labute approximate surface area is 248 Å². The summed E-state index contributed by atoms with van der Waals surface area (Å²) in [5.74, 6) is -0.635. The molecule has 2 heterocycles. The fraction of sp³-hybridized carbons (Fsp3) is 0.500. The van der Waals surface area contributed by atoms with Crippen molar-refractivity contribution in [2.24, 2.45) is 0 Å². The van der Waals surface area contributed by atoms with Crippen molar-refractivity contribution in [3.63, 3.8) is 0 Å². The molecule has 1 aromatic heterocycles. The monoisotopic (exact) mass is 640 g/mol. The largest absolute Gasteiger partial charge is 0.509 e. The minimum absolute atomic E-state index is 0.150. The van der Waals surface area contributed by atoms with E-state index in [9.17, 15) is 14.4 Å². The normalized spacial score (nSPS) is 17.5. The number of alkyl halides is 3. The highest BCUT2D eigenvalue weighted by molar-refractivity contribution is 8.77. The SMILES string of the molecule is C=C(C)C(C(=O)OC(C)(C)C)N1C[C@H](SSc2cccc3sc([C@@H](C)OC(=O)OCC(Cl)(Cl)Cl)nc23)C1=O. The highest BCUT2D eigenvalue weighted by Crippen LogP contribution is 2.43. The lowest BCUT2D eigenvalue weighted by molar-refractivity contribution is -0.166. The summed E-state index contributed by atoms with van der Waals surface area (Å²) in [7, 11) is 2.83. The van der Waals surface area contributed by atoms with Crippen molar-refractivity contribution in [1.82, 2.24) is 9.88 Å². The van der Waals surface area contributed by atoms with Crippen molar-refractivity contribution in [3.8, 4) is 0 Å². The highest BCUT2D eigenvalue weighted by Gasteiger charge is 2.45. The van der Waals surface area contributed by atoms with E-state index in [1.165, 1.54) is 37.8 Å². The Morgan fingerprint density at radius 2 is 1.97 bits per heavy atom. The molecule has 0 aliphatic carbocycles. The van der Waals surface area contributed by atoms with Gasteiger partial charge in [0.2, 0.25) is 9.70 Å². The van der Waals surface area contributed by atoms with Gasteiger partial charge >= 0.3 is 12.1 Å². The van der Waals surface area contributed by atoms with E-state index in [1.807, 2.05) is 18.2 Å². The second-order valence-electron chi connectivity index (χ2n) is 9.51. The molecule has 8 nitrogen and oxygen atoms in total. The second-order valence-corrected chi connectivity index (χ2v) is 15.5. The van der Waals surface area contributed by atoms with Crippen LogP contribution in [-0.2, 0) is 23.8 Å². The smallest absolute Gasteiger partial charge is 0.458 e. The number of β-lactam (4-membered cyclic amide) rings is 1. The van der Waals surface area contributed by atoms with Crippen LogP contribution in [0.2, 0.25) is 0 Å².